The van der Waals surface area contributed by atoms with Gasteiger partial charge in [-0.05, 0) is 49.7 Å². The van der Waals surface area contributed by atoms with Gasteiger partial charge in [-0.2, -0.15) is 0 Å². The van der Waals surface area contributed by atoms with Gasteiger partial charge in [0.05, 0.1) is 0 Å². The second-order valence-corrected chi connectivity index (χ2v) is 4.75. The Bertz CT molecular complexity index is 512. The number of hydrogen-bond donors (Lipinski definition) is 1. The smallest absolute Gasteiger partial charge is 0.0418 e. The summed E-state index contributed by atoms with van der Waals surface area (Å²) in [5, 5.41) is 4.16. The Morgan fingerprint density at radius 3 is 2.35 bits per heavy atom. The Morgan fingerprint density at radius 1 is 1.18 bits per heavy atom. The van der Waals surface area contributed by atoms with E-state index < -0.39 is 0 Å². The molecule has 1 aromatic heterocycles. The van der Waals surface area contributed by atoms with Crippen molar-refractivity contribution in [1.29, 1.82) is 0 Å². The van der Waals surface area contributed by atoms with Crippen molar-refractivity contribution in [2.45, 2.75) is 20.4 Å². The largest absolute Gasteiger partial charge is 0.381 e. The van der Waals surface area contributed by atoms with Crippen molar-refractivity contribution >= 4 is 17.3 Å². The van der Waals surface area contributed by atoms with Crippen molar-refractivity contribution in [2.24, 2.45) is 7.05 Å². The Balaban J connectivity index is 2.07. The molecule has 0 aliphatic carbocycles. The predicted molar refractivity (Wildman–Crippen MR) is 73.7 cm³/mol. The highest BCUT2D eigenvalue weighted by Gasteiger charge is 2.05. The Morgan fingerprint density at radius 2 is 1.82 bits per heavy atom. The van der Waals surface area contributed by atoms with Crippen LogP contribution in [0.5, 0.6) is 0 Å². The molecule has 2 nitrogen and oxygen atoms in total. The van der Waals surface area contributed by atoms with Gasteiger partial charge in [0.15, 0.2) is 0 Å². The fourth-order valence-electron chi connectivity index (χ4n) is 1.88. The van der Waals surface area contributed by atoms with Crippen LogP contribution < -0.4 is 5.32 Å². The van der Waals surface area contributed by atoms with Gasteiger partial charge >= 0.3 is 0 Å². The normalized spacial score (nSPS) is 10.6. The number of hydrogen-bond acceptors (Lipinski definition) is 1. The van der Waals surface area contributed by atoms with Crippen molar-refractivity contribution < 1.29 is 0 Å². The molecular weight excluding hydrogens is 232 g/mol. The van der Waals surface area contributed by atoms with E-state index in [1.165, 1.54) is 17.0 Å². The van der Waals surface area contributed by atoms with Crippen LogP contribution in [0.3, 0.4) is 0 Å². The van der Waals surface area contributed by atoms with E-state index >= 15 is 0 Å². The lowest BCUT2D eigenvalue weighted by atomic mass is 10.2. The summed E-state index contributed by atoms with van der Waals surface area (Å²) in [5.74, 6) is 0. The molecule has 0 unspecified atom stereocenters. The maximum absolute atomic E-state index is 5.85. The molecule has 0 radical (unpaired) electrons. The van der Waals surface area contributed by atoms with Crippen molar-refractivity contribution in [3.8, 4) is 0 Å². The topological polar surface area (TPSA) is 17.0 Å². The quantitative estimate of drug-likeness (QED) is 0.872. The standard InChI is InChI=1S/C14H17ClN2/c1-10-8-12(11(2)17(10)3)9-16-14-6-4-13(15)5-7-14/h4-8,16H,9H2,1-3H3. The van der Waals surface area contributed by atoms with E-state index in [0.717, 1.165) is 17.3 Å². The number of anilines is 1. The number of rotatable bonds is 3. The maximum Gasteiger partial charge on any atom is 0.0418 e. The van der Waals surface area contributed by atoms with Crippen LogP contribution in [0.1, 0.15) is 17.0 Å². The van der Waals surface area contributed by atoms with Crippen LogP contribution in [0.4, 0.5) is 5.69 Å². The second kappa shape index (κ2) is 4.84. The highest BCUT2D eigenvalue weighted by Crippen LogP contribution is 2.17. The average Bonchev–Trinajstić information content (AvgIpc) is 2.56. The number of nitrogens with zero attached hydrogens (tertiary/aromatic N) is 1. The average molecular weight is 249 g/mol. The molecule has 90 valence electrons. The summed E-state index contributed by atoms with van der Waals surface area (Å²) < 4.78 is 2.21. The van der Waals surface area contributed by atoms with E-state index in [1.54, 1.807) is 0 Å². The van der Waals surface area contributed by atoms with Gasteiger partial charge in [-0.1, -0.05) is 11.6 Å². The lowest BCUT2D eigenvalue weighted by Gasteiger charge is -2.06. The molecule has 3 heteroatoms. The summed E-state index contributed by atoms with van der Waals surface area (Å²) >= 11 is 5.85. The summed E-state index contributed by atoms with van der Waals surface area (Å²) in [6, 6.07) is 10.00. The minimum Gasteiger partial charge on any atom is -0.381 e. The molecule has 0 atom stereocenters. The first-order chi connectivity index (χ1) is 8.08. The molecule has 0 spiro atoms. The zero-order valence-electron chi connectivity index (χ0n) is 10.4. The van der Waals surface area contributed by atoms with Crippen LogP contribution in [-0.4, -0.2) is 4.57 Å². The van der Waals surface area contributed by atoms with Gasteiger partial charge < -0.3 is 9.88 Å². The Labute approximate surface area is 107 Å². The van der Waals surface area contributed by atoms with Gasteiger partial charge in [-0.25, -0.2) is 0 Å². The summed E-state index contributed by atoms with van der Waals surface area (Å²) in [6.07, 6.45) is 0. The van der Waals surface area contributed by atoms with Crippen LogP contribution in [0.25, 0.3) is 0 Å². The molecular formula is C14H17ClN2. The number of aryl methyl sites for hydroxylation is 1. The zero-order valence-corrected chi connectivity index (χ0v) is 11.2. The van der Waals surface area contributed by atoms with E-state index in [2.05, 4.69) is 36.8 Å². The molecule has 0 saturated carbocycles. The van der Waals surface area contributed by atoms with E-state index in [1.807, 2.05) is 24.3 Å². The monoisotopic (exact) mass is 248 g/mol. The molecule has 1 N–H and O–H groups in total. The molecule has 17 heavy (non-hydrogen) atoms. The van der Waals surface area contributed by atoms with Crippen molar-refractivity contribution in [2.75, 3.05) is 5.32 Å². The Kier molecular flexibility index (Phi) is 3.43. The molecule has 0 bridgehead atoms. The van der Waals surface area contributed by atoms with E-state index in [-0.39, 0.29) is 0 Å². The fraction of sp³-hybridized carbons (Fsp3) is 0.286. The molecule has 0 amide bonds. The van der Waals surface area contributed by atoms with Gasteiger partial charge in [0.25, 0.3) is 0 Å². The van der Waals surface area contributed by atoms with Crippen LogP contribution in [-0.2, 0) is 13.6 Å². The van der Waals surface area contributed by atoms with Crippen molar-refractivity contribution in [3.05, 3.63) is 52.3 Å². The van der Waals surface area contributed by atoms with Crippen molar-refractivity contribution in [3.63, 3.8) is 0 Å². The molecule has 1 heterocycles. The SMILES string of the molecule is Cc1cc(CNc2ccc(Cl)cc2)c(C)n1C. The third kappa shape index (κ3) is 2.64. The lowest BCUT2D eigenvalue weighted by Crippen LogP contribution is -2.01. The zero-order chi connectivity index (χ0) is 12.4. The Hall–Kier alpha value is -1.41. The summed E-state index contributed by atoms with van der Waals surface area (Å²) in [7, 11) is 2.09. The molecule has 0 fully saturated rings. The summed E-state index contributed by atoms with van der Waals surface area (Å²) in [6.45, 7) is 5.11. The minimum atomic E-state index is 0.766. The molecule has 1 aromatic carbocycles. The van der Waals surface area contributed by atoms with Gasteiger partial charge in [-0.15, -0.1) is 0 Å². The minimum absolute atomic E-state index is 0.766. The third-order valence-electron chi connectivity index (χ3n) is 3.21. The highest BCUT2D eigenvalue weighted by atomic mass is 35.5. The first kappa shape index (κ1) is 12.1. The van der Waals surface area contributed by atoms with Crippen LogP contribution >= 0.6 is 11.6 Å². The molecule has 2 aromatic rings. The third-order valence-corrected chi connectivity index (χ3v) is 3.46. The first-order valence-electron chi connectivity index (χ1n) is 5.69. The van der Waals surface area contributed by atoms with Crippen LogP contribution in [0.2, 0.25) is 5.02 Å². The van der Waals surface area contributed by atoms with Gasteiger partial charge in [-0.3, -0.25) is 0 Å². The number of halogens is 1. The fourth-order valence-corrected chi connectivity index (χ4v) is 2.00. The number of nitrogens with one attached hydrogen (secondary N) is 1. The number of benzene rings is 1. The van der Waals surface area contributed by atoms with Gasteiger partial charge in [0.1, 0.15) is 0 Å². The van der Waals surface area contributed by atoms with E-state index in [0.29, 0.717) is 0 Å². The number of aromatic nitrogens is 1. The van der Waals surface area contributed by atoms with Gasteiger partial charge in [0, 0.05) is 35.7 Å². The highest BCUT2D eigenvalue weighted by molar-refractivity contribution is 6.30. The van der Waals surface area contributed by atoms with Crippen LogP contribution in [0, 0.1) is 13.8 Å². The maximum atomic E-state index is 5.85. The van der Waals surface area contributed by atoms with Crippen molar-refractivity contribution in [1.82, 2.24) is 4.57 Å². The van der Waals surface area contributed by atoms with Gasteiger partial charge in [0.2, 0.25) is 0 Å². The first-order valence-corrected chi connectivity index (χ1v) is 6.07. The molecule has 0 saturated heterocycles. The second-order valence-electron chi connectivity index (χ2n) is 4.32. The lowest BCUT2D eigenvalue weighted by molar-refractivity contribution is 0.837. The predicted octanol–water partition coefficient (Wildman–Crippen LogP) is 3.91. The van der Waals surface area contributed by atoms with Crippen LogP contribution in [0.15, 0.2) is 30.3 Å². The van der Waals surface area contributed by atoms with E-state index in [9.17, 15) is 0 Å². The summed E-state index contributed by atoms with van der Waals surface area (Å²) in [5.41, 5.74) is 5.02. The molecule has 0 aliphatic heterocycles. The van der Waals surface area contributed by atoms with E-state index in [4.69, 9.17) is 11.6 Å². The summed E-state index contributed by atoms with van der Waals surface area (Å²) in [4.78, 5) is 0. The molecule has 0 aliphatic rings. The molecule has 2 rings (SSSR count).